The fourth-order valence-corrected chi connectivity index (χ4v) is 3.46. The second kappa shape index (κ2) is 5.48. The Balaban J connectivity index is 2.04. The molecule has 5 nitrogen and oxygen atoms in total. The van der Waals surface area contributed by atoms with Gasteiger partial charge in [-0.1, -0.05) is 50.2 Å². The lowest BCUT2D eigenvalue weighted by Gasteiger charge is -2.15. The van der Waals surface area contributed by atoms with Crippen molar-refractivity contribution >= 4 is 16.8 Å². The van der Waals surface area contributed by atoms with Crippen molar-refractivity contribution in [3.05, 3.63) is 75.1 Å². The predicted molar refractivity (Wildman–Crippen MR) is 97.2 cm³/mol. The van der Waals surface area contributed by atoms with Gasteiger partial charge in [0.15, 0.2) is 0 Å². The van der Waals surface area contributed by atoms with Crippen LogP contribution in [0.15, 0.2) is 56.7 Å². The molecule has 25 heavy (non-hydrogen) atoms. The van der Waals surface area contributed by atoms with Crippen LogP contribution in [-0.2, 0) is 0 Å². The highest BCUT2D eigenvalue weighted by Crippen LogP contribution is 2.41. The molecule has 3 N–H and O–H groups in total. The first-order chi connectivity index (χ1) is 12.0. The van der Waals surface area contributed by atoms with Crippen molar-refractivity contribution in [1.29, 1.82) is 0 Å². The third kappa shape index (κ3) is 2.23. The third-order valence-corrected chi connectivity index (χ3v) is 4.67. The van der Waals surface area contributed by atoms with E-state index in [-0.39, 0.29) is 17.2 Å². The minimum absolute atomic E-state index is 0.0752. The molecule has 1 aliphatic heterocycles. The van der Waals surface area contributed by atoms with E-state index in [9.17, 15) is 9.90 Å². The molecule has 0 amide bonds. The fraction of sp³-hybridized carbons (Fsp3) is 0.200. The molecule has 1 aromatic heterocycles. The molecule has 3 aromatic rings. The van der Waals surface area contributed by atoms with Crippen LogP contribution in [0, 0.1) is 0 Å². The van der Waals surface area contributed by atoms with Crippen molar-refractivity contribution in [2.24, 2.45) is 10.7 Å². The second-order valence-electron chi connectivity index (χ2n) is 6.53. The van der Waals surface area contributed by atoms with E-state index in [0.29, 0.717) is 16.8 Å². The summed E-state index contributed by atoms with van der Waals surface area (Å²) in [6.45, 7) is 4.06. The van der Waals surface area contributed by atoms with Crippen molar-refractivity contribution < 1.29 is 9.52 Å². The molecule has 0 saturated carbocycles. The van der Waals surface area contributed by atoms with Crippen LogP contribution in [0.5, 0.6) is 5.75 Å². The van der Waals surface area contributed by atoms with Gasteiger partial charge in [0.2, 0.25) is 0 Å². The summed E-state index contributed by atoms with van der Waals surface area (Å²) in [5, 5.41) is 11.5. The molecule has 1 aliphatic rings. The van der Waals surface area contributed by atoms with E-state index in [1.54, 1.807) is 6.07 Å². The van der Waals surface area contributed by atoms with E-state index in [1.165, 1.54) is 0 Å². The molecule has 4 rings (SSSR count). The molecule has 0 bridgehead atoms. The first-order valence-corrected chi connectivity index (χ1v) is 8.20. The number of nitrogens with zero attached hydrogens (tertiary/aromatic N) is 1. The van der Waals surface area contributed by atoms with Crippen LogP contribution >= 0.6 is 0 Å². The maximum Gasteiger partial charge on any atom is 0.345 e. The van der Waals surface area contributed by atoms with Crippen LogP contribution < -0.4 is 11.4 Å². The lowest BCUT2D eigenvalue weighted by atomic mass is 9.93. The smallest absolute Gasteiger partial charge is 0.345 e. The van der Waals surface area contributed by atoms with Gasteiger partial charge in [-0.05, 0) is 23.1 Å². The molecule has 0 saturated heterocycles. The number of fused-ring (bicyclic) bond motifs is 2. The minimum Gasteiger partial charge on any atom is -0.507 e. The molecule has 2 heterocycles. The zero-order valence-corrected chi connectivity index (χ0v) is 14.0. The first kappa shape index (κ1) is 15.4. The third-order valence-electron chi connectivity index (χ3n) is 4.67. The molecule has 0 aliphatic carbocycles. The lowest BCUT2D eigenvalue weighted by Crippen LogP contribution is -2.12. The predicted octanol–water partition coefficient (Wildman–Crippen LogP) is 3.43. The summed E-state index contributed by atoms with van der Waals surface area (Å²) in [7, 11) is 0. The van der Waals surface area contributed by atoms with Crippen molar-refractivity contribution in [2.75, 3.05) is 0 Å². The molecular weight excluding hydrogens is 316 g/mol. The number of nitrogens with two attached hydrogens (primary N) is 1. The number of hydrogen-bond donors (Lipinski definition) is 2. The topological polar surface area (TPSA) is 88.8 Å². The Hall–Kier alpha value is -3.08. The number of aliphatic imine (C=N–C) groups is 1. The Morgan fingerprint density at radius 3 is 2.68 bits per heavy atom. The Morgan fingerprint density at radius 1 is 1.16 bits per heavy atom. The molecular formula is C20H18N2O3. The van der Waals surface area contributed by atoms with Gasteiger partial charge in [-0.15, -0.1) is 0 Å². The number of amidine groups is 1. The van der Waals surface area contributed by atoms with Crippen LogP contribution in [0.2, 0.25) is 0 Å². The average Bonchev–Trinajstić information content (AvgIpc) is 2.91. The number of benzene rings is 2. The van der Waals surface area contributed by atoms with E-state index in [2.05, 4.69) is 4.99 Å². The molecule has 5 heteroatoms. The highest BCUT2D eigenvalue weighted by Gasteiger charge is 2.31. The summed E-state index contributed by atoms with van der Waals surface area (Å²) in [5.74, 6) is 0.449. The summed E-state index contributed by atoms with van der Waals surface area (Å²) in [6, 6.07) is 12.2. The van der Waals surface area contributed by atoms with Gasteiger partial charge in [-0.25, -0.2) is 4.79 Å². The highest BCUT2D eigenvalue weighted by atomic mass is 16.4. The molecule has 1 atom stereocenters. The highest BCUT2D eigenvalue weighted by molar-refractivity contribution is 6.02. The van der Waals surface area contributed by atoms with Gasteiger partial charge in [0.25, 0.3) is 0 Å². The molecule has 0 spiro atoms. The van der Waals surface area contributed by atoms with E-state index in [4.69, 9.17) is 10.2 Å². The van der Waals surface area contributed by atoms with Gasteiger partial charge >= 0.3 is 5.63 Å². The number of hydrogen-bond acceptors (Lipinski definition) is 5. The van der Waals surface area contributed by atoms with Crippen molar-refractivity contribution in [3.63, 3.8) is 0 Å². The summed E-state index contributed by atoms with van der Waals surface area (Å²) < 4.78 is 5.50. The lowest BCUT2D eigenvalue weighted by molar-refractivity contribution is 0.452. The van der Waals surface area contributed by atoms with Crippen molar-refractivity contribution in [2.45, 2.75) is 25.8 Å². The largest absolute Gasteiger partial charge is 0.507 e. The molecule has 0 fully saturated rings. The van der Waals surface area contributed by atoms with Crippen molar-refractivity contribution in [3.8, 4) is 5.75 Å². The summed E-state index contributed by atoms with van der Waals surface area (Å²) >= 11 is 0. The summed E-state index contributed by atoms with van der Waals surface area (Å²) in [6.07, 6.45) is 0. The first-order valence-electron chi connectivity index (χ1n) is 8.20. The van der Waals surface area contributed by atoms with Gasteiger partial charge in [0, 0.05) is 5.56 Å². The van der Waals surface area contributed by atoms with Gasteiger partial charge in [-0.2, -0.15) is 0 Å². The molecule has 126 valence electrons. The quantitative estimate of drug-likeness (QED) is 0.703. The van der Waals surface area contributed by atoms with Gasteiger partial charge in [0.1, 0.15) is 28.8 Å². The SMILES string of the molecule is CC(C)c1cccc2oc(=O)c(C3N=C(N)c4ccccc43)c(O)c12. The zero-order valence-electron chi connectivity index (χ0n) is 14.0. The standard InChI is InChI=1S/C20H18N2O3/c1-10(2)11-8-5-9-14-15(11)18(23)16(20(24)25-14)17-12-6-3-4-7-13(12)19(21)22-17/h3-10,17,23H,1-2H3,(H2,21,22). The van der Waals surface area contributed by atoms with Crippen LogP contribution in [-0.4, -0.2) is 10.9 Å². The van der Waals surface area contributed by atoms with E-state index in [1.807, 2.05) is 50.2 Å². The fourth-order valence-electron chi connectivity index (χ4n) is 3.46. The Bertz CT molecular complexity index is 1080. The van der Waals surface area contributed by atoms with Crippen LogP contribution in [0.4, 0.5) is 0 Å². The summed E-state index contributed by atoms with van der Waals surface area (Å²) in [4.78, 5) is 17.0. The van der Waals surface area contributed by atoms with Crippen LogP contribution in [0.1, 0.15) is 48.1 Å². The maximum absolute atomic E-state index is 12.6. The maximum atomic E-state index is 12.6. The van der Waals surface area contributed by atoms with E-state index < -0.39 is 11.7 Å². The second-order valence-corrected chi connectivity index (χ2v) is 6.53. The average molecular weight is 334 g/mol. The normalized spacial score (nSPS) is 16.3. The van der Waals surface area contributed by atoms with Gasteiger partial charge < -0.3 is 15.3 Å². The molecule has 1 unspecified atom stereocenters. The van der Waals surface area contributed by atoms with Gasteiger partial charge in [0.05, 0.1) is 5.39 Å². The monoisotopic (exact) mass is 334 g/mol. The van der Waals surface area contributed by atoms with E-state index >= 15 is 0 Å². The zero-order chi connectivity index (χ0) is 17.7. The van der Waals surface area contributed by atoms with E-state index in [0.717, 1.165) is 16.7 Å². The summed E-state index contributed by atoms with van der Waals surface area (Å²) in [5.41, 5.74) is 8.41. The number of aromatic hydroxyl groups is 1. The van der Waals surface area contributed by atoms with Gasteiger partial charge in [-0.3, -0.25) is 4.99 Å². The molecule has 2 aromatic carbocycles. The minimum atomic E-state index is -0.655. The van der Waals surface area contributed by atoms with Crippen LogP contribution in [0.3, 0.4) is 0 Å². The van der Waals surface area contributed by atoms with Crippen molar-refractivity contribution in [1.82, 2.24) is 0 Å². The van der Waals surface area contributed by atoms with Crippen LogP contribution in [0.25, 0.3) is 11.0 Å². The Kier molecular flexibility index (Phi) is 3.39. The molecule has 0 radical (unpaired) electrons. The number of rotatable bonds is 2. The Morgan fingerprint density at radius 2 is 1.92 bits per heavy atom. The Labute approximate surface area is 144 Å².